The maximum Gasteiger partial charge on any atom is 0.224 e. The van der Waals surface area contributed by atoms with Crippen LogP contribution in [0.15, 0.2) is 24.3 Å². The number of rotatable bonds is 7. The lowest BCUT2D eigenvalue weighted by Crippen LogP contribution is -2.16. The van der Waals surface area contributed by atoms with Crippen molar-refractivity contribution < 1.29 is 13.2 Å². The third-order valence-electron chi connectivity index (χ3n) is 2.70. The molecule has 6 heteroatoms. The summed E-state index contributed by atoms with van der Waals surface area (Å²) in [6, 6.07) is 8.68. The normalized spacial score (nSPS) is 10.8. The van der Waals surface area contributed by atoms with Crippen LogP contribution in [0.3, 0.4) is 0 Å². The molecule has 0 saturated heterocycles. The minimum Gasteiger partial charge on any atom is -0.325 e. The number of hydrogen-bond donors (Lipinski definition) is 1. The predicted octanol–water partition coefficient (Wildman–Crippen LogP) is 2.10. The number of sulfone groups is 1. The molecule has 1 amide bonds. The highest BCUT2D eigenvalue weighted by Crippen LogP contribution is 2.14. The quantitative estimate of drug-likeness (QED) is 0.834. The molecule has 0 aromatic heterocycles. The molecule has 0 saturated carbocycles. The fourth-order valence-electron chi connectivity index (χ4n) is 1.77. The molecule has 20 heavy (non-hydrogen) atoms. The molecule has 0 fully saturated rings. The molecule has 0 atom stereocenters. The lowest BCUT2D eigenvalue weighted by atomic mass is 10.2. The zero-order chi connectivity index (χ0) is 15.0. The lowest BCUT2D eigenvalue weighted by Gasteiger charge is -2.07. The monoisotopic (exact) mass is 294 g/mol. The van der Waals surface area contributed by atoms with Gasteiger partial charge in [-0.15, -0.1) is 0 Å². The average molecular weight is 294 g/mol. The van der Waals surface area contributed by atoms with Crippen LogP contribution >= 0.6 is 0 Å². The number of anilines is 1. The van der Waals surface area contributed by atoms with Crippen LogP contribution in [-0.4, -0.2) is 25.8 Å². The van der Waals surface area contributed by atoms with Crippen molar-refractivity contribution in [1.82, 2.24) is 0 Å². The molecule has 108 valence electrons. The second-order valence-corrected chi connectivity index (χ2v) is 6.76. The van der Waals surface area contributed by atoms with Crippen molar-refractivity contribution in [3.05, 3.63) is 29.8 Å². The van der Waals surface area contributed by atoms with Crippen LogP contribution in [-0.2, 0) is 14.6 Å². The van der Waals surface area contributed by atoms with Crippen molar-refractivity contribution in [3.63, 3.8) is 0 Å². The number of nitrogens with one attached hydrogen (secondary N) is 1. The second-order valence-electron chi connectivity index (χ2n) is 4.46. The number of benzene rings is 1. The van der Waals surface area contributed by atoms with E-state index in [1.165, 1.54) is 0 Å². The molecule has 0 aliphatic heterocycles. The Kier molecular flexibility index (Phi) is 6.19. The summed E-state index contributed by atoms with van der Waals surface area (Å²) in [6.45, 7) is 1.81. The summed E-state index contributed by atoms with van der Waals surface area (Å²) in [5, 5.41) is 11.5. The Balaban J connectivity index is 2.47. The molecule has 0 spiro atoms. The predicted molar refractivity (Wildman–Crippen MR) is 78.0 cm³/mol. The van der Waals surface area contributed by atoms with Gasteiger partial charge in [0.1, 0.15) is 15.9 Å². The summed E-state index contributed by atoms with van der Waals surface area (Å²) < 4.78 is 23.0. The number of hydrogen-bond acceptors (Lipinski definition) is 4. The fourth-order valence-corrected chi connectivity index (χ4v) is 3.18. The molecule has 1 N–H and O–H groups in total. The summed E-state index contributed by atoms with van der Waals surface area (Å²) in [4.78, 5) is 11.7. The minimum absolute atomic E-state index is 0.0220. The number of nitriles is 1. The van der Waals surface area contributed by atoms with Gasteiger partial charge in [-0.1, -0.05) is 19.1 Å². The summed E-state index contributed by atoms with van der Waals surface area (Å²) in [7, 11) is -3.05. The van der Waals surface area contributed by atoms with Gasteiger partial charge in [-0.05, 0) is 25.0 Å². The highest BCUT2D eigenvalue weighted by Gasteiger charge is 2.11. The van der Waals surface area contributed by atoms with E-state index in [0.29, 0.717) is 24.1 Å². The third-order valence-corrected chi connectivity index (χ3v) is 4.64. The Morgan fingerprint density at radius 1 is 1.30 bits per heavy atom. The first-order valence-electron chi connectivity index (χ1n) is 6.48. The Morgan fingerprint density at radius 3 is 2.65 bits per heavy atom. The largest absolute Gasteiger partial charge is 0.325 e. The summed E-state index contributed by atoms with van der Waals surface area (Å²) in [6.07, 6.45) is 1.01. The van der Waals surface area contributed by atoms with Crippen molar-refractivity contribution in [2.75, 3.05) is 16.8 Å². The third kappa shape index (κ3) is 5.41. The van der Waals surface area contributed by atoms with E-state index in [-0.39, 0.29) is 23.8 Å². The minimum atomic E-state index is -3.05. The summed E-state index contributed by atoms with van der Waals surface area (Å²) in [5.41, 5.74) is 0.843. The van der Waals surface area contributed by atoms with Crippen LogP contribution in [0.1, 0.15) is 31.7 Å². The van der Waals surface area contributed by atoms with Gasteiger partial charge < -0.3 is 5.32 Å². The molecule has 0 aliphatic carbocycles. The maximum atomic E-state index is 11.7. The Morgan fingerprint density at radius 2 is 2.00 bits per heavy atom. The number of nitrogens with zero attached hydrogens (tertiary/aromatic N) is 1. The van der Waals surface area contributed by atoms with Gasteiger partial charge in [-0.3, -0.25) is 4.79 Å². The zero-order valence-corrected chi connectivity index (χ0v) is 12.2. The maximum absolute atomic E-state index is 11.7. The van der Waals surface area contributed by atoms with Crippen molar-refractivity contribution in [1.29, 1.82) is 5.26 Å². The summed E-state index contributed by atoms with van der Waals surface area (Å²) in [5.74, 6) is -0.0977. The van der Waals surface area contributed by atoms with E-state index in [2.05, 4.69) is 5.32 Å². The molecule has 0 bridgehead atoms. The van der Waals surface area contributed by atoms with Crippen LogP contribution < -0.4 is 5.32 Å². The molecule has 0 aliphatic rings. The SMILES string of the molecule is CCCS(=O)(=O)CCCC(=O)Nc1ccccc1C#N. The molecular weight excluding hydrogens is 276 g/mol. The van der Waals surface area contributed by atoms with Gasteiger partial charge in [0.2, 0.25) is 5.91 Å². The molecule has 1 aromatic carbocycles. The number of para-hydroxylation sites is 1. The van der Waals surface area contributed by atoms with Gasteiger partial charge in [-0.25, -0.2) is 8.42 Å². The van der Waals surface area contributed by atoms with Crippen molar-refractivity contribution in [3.8, 4) is 6.07 Å². The van der Waals surface area contributed by atoms with Gasteiger partial charge in [0.05, 0.1) is 17.0 Å². The van der Waals surface area contributed by atoms with Gasteiger partial charge in [0, 0.05) is 12.2 Å². The topological polar surface area (TPSA) is 87.0 Å². The van der Waals surface area contributed by atoms with Gasteiger partial charge in [-0.2, -0.15) is 5.26 Å². The number of carbonyl (C=O) groups is 1. The number of carbonyl (C=O) groups excluding carboxylic acids is 1. The van der Waals surface area contributed by atoms with Crippen LogP contribution in [0.5, 0.6) is 0 Å². The molecule has 1 aromatic rings. The molecular formula is C14H18N2O3S. The van der Waals surface area contributed by atoms with E-state index in [1.54, 1.807) is 24.3 Å². The van der Waals surface area contributed by atoms with E-state index in [1.807, 2.05) is 13.0 Å². The van der Waals surface area contributed by atoms with E-state index in [0.717, 1.165) is 0 Å². The Hall–Kier alpha value is -1.87. The summed E-state index contributed by atoms with van der Waals surface area (Å²) >= 11 is 0. The van der Waals surface area contributed by atoms with Crippen molar-refractivity contribution in [2.45, 2.75) is 26.2 Å². The lowest BCUT2D eigenvalue weighted by molar-refractivity contribution is -0.116. The van der Waals surface area contributed by atoms with Gasteiger partial charge >= 0.3 is 0 Å². The van der Waals surface area contributed by atoms with Crippen LogP contribution in [0.2, 0.25) is 0 Å². The van der Waals surface area contributed by atoms with Crippen LogP contribution in [0.25, 0.3) is 0 Å². The molecule has 1 rings (SSSR count). The van der Waals surface area contributed by atoms with Crippen LogP contribution in [0, 0.1) is 11.3 Å². The molecule has 0 heterocycles. The first kappa shape index (κ1) is 16.2. The van der Waals surface area contributed by atoms with Crippen molar-refractivity contribution in [2.24, 2.45) is 0 Å². The smallest absolute Gasteiger partial charge is 0.224 e. The first-order valence-corrected chi connectivity index (χ1v) is 8.30. The first-order chi connectivity index (χ1) is 9.48. The highest BCUT2D eigenvalue weighted by molar-refractivity contribution is 7.91. The zero-order valence-electron chi connectivity index (χ0n) is 11.4. The van der Waals surface area contributed by atoms with Crippen molar-refractivity contribution >= 4 is 21.4 Å². The van der Waals surface area contributed by atoms with E-state index in [4.69, 9.17) is 5.26 Å². The van der Waals surface area contributed by atoms with E-state index in [9.17, 15) is 13.2 Å². The van der Waals surface area contributed by atoms with Gasteiger partial charge in [0.15, 0.2) is 0 Å². The van der Waals surface area contributed by atoms with E-state index >= 15 is 0 Å². The standard InChI is InChI=1S/C14H18N2O3S/c1-2-9-20(18,19)10-5-8-14(17)16-13-7-4-3-6-12(13)11-15/h3-4,6-7H,2,5,8-10H2,1H3,(H,16,17). The molecule has 0 unspecified atom stereocenters. The number of amides is 1. The fraction of sp³-hybridized carbons (Fsp3) is 0.429. The molecule has 5 nitrogen and oxygen atoms in total. The van der Waals surface area contributed by atoms with Gasteiger partial charge in [0.25, 0.3) is 0 Å². The van der Waals surface area contributed by atoms with Crippen LogP contribution in [0.4, 0.5) is 5.69 Å². The Labute approximate surface area is 119 Å². The highest BCUT2D eigenvalue weighted by atomic mass is 32.2. The molecule has 0 radical (unpaired) electrons. The van der Waals surface area contributed by atoms with E-state index < -0.39 is 9.84 Å². The second kappa shape index (κ2) is 7.65. The Bertz CT molecular complexity index is 603. The average Bonchev–Trinajstić information content (AvgIpc) is 2.39.